The molecular formula is C9H9Cl2F3N4. The van der Waals surface area contributed by atoms with Gasteiger partial charge in [-0.3, -0.25) is 0 Å². The van der Waals surface area contributed by atoms with Crippen molar-refractivity contribution in [3.63, 3.8) is 0 Å². The summed E-state index contributed by atoms with van der Waals surface area (Å²) >= 11 is 11.3. The average molecular weight is 301 g/mol. The molecule has 0 aliphatic heterocycles. The first-order valence-corrected chi connectivity index (χ1v) is 5.44. The molecule has 0 spiro atoms. The topological polar surface area (TPSA) is 41.4 Å². The Bertz CT molecular complexity index is 437. The van der Waals surface area contributed by atoms with Crippen LogP contribution in [0.2, 0.25) is 10.3 Å². The smallest absolute Gasteiger partial charge is 0.369 e. The van der Waals surface area contributed by atoms with Gasteiger partial charge in [0, 0.05) is 19.7 Å². The minimum atomic E-state index is -4.43. The molecule has 0 radical (unpaired) electrons. The molecule has 1 rings (SSSR count). The fourth-order valence-corrected chi connectivity index (χ4v) is 1.50. The van der Waals surface area contributed by atoms with E-state index in [2.05, 4.69) is 15.0 Å². The zero-order valence-corrected chi connectivity index (χ0v) is 11.0. The van der Waals surface area contributed by atoms with E-state index in [1.54, 1.807) is 19.0 Å². The molecule has 100 valence electrons. The lowest BCUT2D eigenvalue weighted by atomic mass is 10.2. The first-order valence-electron chi connectivity index (χ1n) is 4.68. The SMILES string of the molecule is CN(C)/C=N/c1nc(Cl)c(CC(F)(F)F)c(Cl)n1. The van der Waals surface area contributed by atoms with Gasteiger partial charge in [0.25, 0.3) is 5.95 Å². The van der Waals surface area contributed by atoms with E-state index in [9.17, 15) is 13.2 Å². The monoisotopic (exact) mass is 300 g/mol. The van der Waals surface area contributed by atoms with Crippen molar-refractivity contribution in [1.82, 2.24) is 14.9 Å². The molecule has 1 aromatic rings. The van der Waals surface area contributed by atoms with Gasteiger partial charge in [-0.25, -0.2) is 4.99 Å². The van der Waals surface area contributed by atoms with Gasteiger partial charge < -0.3 is 4.90 Å². The van der Waals surface area contributed by atoms with Crippen LogP contribution < -0.4 is 0 Å². The maximum Gasteiger partial charge on any atom is 0.393 e. The van der Waals surface area contributed by atoms with E-state index in [-0.39, 0.29) is 21.8 Å². The van der Waals surface area contributed by atoms with Crippen LogP contribution in [-0.2, 0) is 6.42 Å². The standard InChI is InChI=1S/C9H9Cl2F3N4/c1-18(2)4-15-8-16-6(10)5(7(11)17-8)3-9(12,13)14/h4H,3H2,1-2H3/b15-4+. The first kappa shape index (κ1) is 15.0. The second-order valence-corrected chi connectivity index (χ2v) is 4.30. The number of aromatic nitrogens is 2. The maximum absolute atomic E-state index is 12.2. The van der Waals surface area contributed by atoms with Crippen LogP contribution in [0.25, 0.3) is 0 Å². The summed E-state index contributed by atoms with van der Waals surface area (Å²) in [6.07, 6.45) is -4.32. The number of aliphatic imine (C=N–C) groups is 1. The Morgan fingerprint density at radius 1 is 1.22 bits per heavy atom. The van der Waals surface area contributed by atoms with E-state index in [4.69, 9.17) is 23.2 Å². The second kappa shape index (κ2) is 5.71. The molecule has 0 unspecified atom stereocenters. The van der Waals surface area contributed by atoms with Crippen LogP contribution in [0, 0.1) is 0 Å². The number of alkyl halides is 3. The van der Waals surface area contributed by atoms with Gasteiger partial charge in [0.1, 0.15) is 10.3 Å². The highest BCUT2D eigenvalue weighted by Gasteiger charge is 2.31. The van der Waals surface area contributed by atoms with Gasteiger partial charge in [0.15, 0.2) is 0 Å². The Morgan fingerprint density at radius 3 is 2.11 bits per heavy atom. The van der Waals surface area contributed by atoms with Crippen LogP contribution in [0.3, 0.4) is 0 Å². The summed E-state index contributed by atoms with van der Waals surface area (Å²) in [5, 5.41) is -0.698. The predicted octanol–water partition coefficient (Wildman–Crippen LogP) is 3.11. The molecule has 0 atom stereocenters. The van der Waals surface area contributed by atoms with Crippen LogP contribution >= 0.6 is 23.2 Å². The summed E-state index contributed by atoms with van der Waals surface area (Å²) in [5.41, 5.74) is -0.352. The Kier molecular flexibility index (Phi) is 4.75. The molecule has 0 saturated carbocycles. The van der Waals surface area contributed by atoms with Gasteiger partial charge in [-0.2, -0.15) is 23.1 Å². The maximum atomic E-state index is 12.2. The van der Waals surface area contributed by atoms with Gasteiger partial charge in [-0.15, -0.1) is 0 Å². The number of nitrogens with zero attached hydrogens (tertiary/aromatic N) is 4. The molecule has 0 saturated heterocycles. The van der Waals surface area contributed by atoms with Crippen LogP contribution in [0.4, 0.5) is 19.1 Å². The molecule has 0 bridgehead atoms. The molecule has 18 heavy (non-hydrogen) atoms. The van der Waals surface area contributed by atoms with Crippen molar-refractivity contribution < 1.29 is 13.2 Å². The molecule has 0 amide bonds. The Labute approximate surface area is 111 Å². The summed E-state index contributed by atoms with van der Waals surface area (Å²) in [7, 11) is 3.43. The number of halogens is 5. The van der Waals surface area contributed by atoms with Crippen molar-refractivity contribution in [3.05, 3.63) is 15.9 Å². The number of rotatable bonds is 3. The fraction of sp³-hybridized carbons (Fsp3) is 0.444. The van der Waals surface area contributed by atoms with Crippen molar-refractivity contribution in [2.45, 2.75) is 12.6 Å². The zero-order chi connectivity index (χ0) is 13.9. The van der Waals surface area contributed by atoms with E-state index >= 15 is 0 Å². The molecular weight excluding hydrogens is 292 g/mol. The lowest BCUT2D eigenvalue weighted by molar-refractivity contribution is -0.127. The normalized spacial score (nSPS) is 12.2. The number of hydrogen-bond donors (Lipinski definition) is 0. The van der Waals surface area contributed by atoms with Gasteiger partial charge in [-0.05, 0) is 0 Å². The second-order valence-electron chi connectivity index (χ2n) is 3.58. The van der Waals surface area contributed by atoms with Gasteiger partial charge in [-0.1, -0.05) is 23.2 Å². The zero-order valence-electron chi connectivity index (χ0n) is 9.46. The van der Waals surface area contributed by atoms with E-state index in [0.29, 0.717) is 0 Å². The van der Waals surface area contributed by atoms with Crippen molar-refractivity contribution in [3.8, 4) is 0 Å². The first-order chi connectivity index (χ1) is 8.19. The molecule has 0 aliphatic carbocycles. The molecule has 1 aromatic heterocycles. The van der Waals surface area contributed by atoms with Gasteiger partial charge in [0.2, 0.25) is 0 Å². The third-order valence-electron chi connectivity index (χ3n) is 1.68. The molecule has 1 heterocycles. The summed E-state index contributed by atoms with van der Waals surface area (Å²) in [6.45, 7) is 0. The van der Waals surface area contributed by atoms with Gasteiger partial charge in [0.05, 0.1) is 12.8 Å². The average Bonchev–Trinajstić information content (AvgIpc) is 2.19. The summed E-state index contributed by atoms with van der Waals surface area (Å²) in [5.74, 6) is -0.0929. The van der Waals surface area contributed by atoms with Crippen LogP contribution in [0.15, 0.2) is 4.99 Å². The van der Waals surface area contributed by atoms with Crippen molar-refractivity contribution >= 4 is 35.5 Å². The van der Waals surface area contributed by atoms with Crippen LogP contribution in [0.5, 0.6) is 0 Å². The fourth-order valence-electron chi connectivity index (χ4n) is 0.992. The van der Waals surface area contributed by atoms with Crippen molar-refractivity contribution in [2.75, 3.05) is 14.1 Å². The highest BCUT2D eigenvalue weighted by molar-refractivity contribution is 6.34. The third kappa shape index (κ3) is 4.66. The molecule has 4 nitrogen and oxygen atoms in total. The molecule has 0 fully saturated rings. The lowest BCUT2D eigenvalue weighted by Crippen LogP contribution is -2.13. The molecule has 0 aliphatic rings. The third-order valence-corrected chi connectivity index (χ3v) is 2.30. The Hall–Kier alpha value is -1.08. The minimum absolute atomic E-state index is 0.0929. The summed E-state index contributed by atoms with van der Waals surface area (Å²) in [4.78, 5) is 12.7. The van der Waals surface area contributed by atoms with Gasteiger partial charge >= 0.3 is 6.18 Å². The van der Waals surface area contributed by atoms with E-state index in [0.717, 1.165) is 0 Å². The summed E-state index contributed by atoms with van der Waals surface area (Å²) < 4.78 is 36.7. The van der Waals surface area contributed by atoms with E-state index in [1.165, 1.54) is 6.34 Å². The van der Waals surface area contributed by atoms with Crippen molar-refractivity contribution in [2.24, 2.45) is 4.99 Å². The molecule has 9 heteroatoms. The number of hydrogen-bond acceptors (Lipinski definition) is 3. The van der Waals surface area contributed by atoms with Crippen LogP contribution in [0.1, 0.15) is 5.56 Å². The predicted molar refractivity (Wildman–Crippen MR) is 63.7 cm³/mol. The quantitative estimate of drug-likeness (QED) is 0.489. The Balaban J connectivity index is 3.05. The van der Waals surface area contributed by atoms with E-state index < -0.39 is 12.6 Å². The molecule has 0 N–H and O–H groups in total. The largest absolute Gasteiger partial charge is 0.393 e. The Morgan fingerprint density at radius 2 is 1.72 bits per heavy atom. The highest BCUT2D eigenvalue weighted by atomic mass is 35.5. The van der Waals surface area contributed by atoms with Crippen LogP contribution in [-0.4, -0.2) is 41.5 Å². The minimum Gasteiger partial charge on any atom is -0.369 e. The van der Waals surface area contributed by atoms with E-state index in [1.807, 2.05) is 0 Å². The lowest BCUT2D eigenvalue weighted by Gasteiger charge is -2.09. The van der Waals surface area contributed by atoms with Crippen molar-refractivity contribution in [1.29, 1.82) is 0 Å². The summed E-state index contributed by atoms with van der Waals surface area (Å²) in [6, 6.07) is 0. The molecule has 0 aromatic carbocycles. The highest BCUT2D eigenvalue weighted by Crippen LogP contribution is 2.30.